The van der Waals surface area contributed by atoms with Gasteiger partial charge in [-0.2, -0.15) is 5.01 Å². The first-order valence-corrected chi connectivity index (χ1v) is 21.6. The number of hydrazine groups is 1. The van der Waals surface area contributed by atoms with Crippen molar-refractivity contribution >= 4 is 63.3 Å². The summed E-state index contributed by atoms with van der Waals surface area (Å²) >= 11 is 12.9. The minimum atomic E-state index is -1.60. The van der Waals surface area contributed by atoms with Gasteiger partial charge >= 0.3 is 0 Å². The molecule has 2 N–H and O–H groups in total. The van der Waals surface area contributed by atoms with Gasteiger partial charge in [-0.25, -0.2) is 0 Å². The predicted octanol–water partition coefficient (Wildman–Crippen LogP) is 8.51. The van der Waals surface area contributed by atoms with Gasteiger partial charge in [0, 0.05) is 47.6 Å². The van der Waals surface area contributed by atoms with E-state index in [1.807, 2.05) is 72.8 Å². The fourth-order valence-corrected chi connectivity index (χ4v) is 11.7. The minimum absolute atomic E-state index is 0.0106. The number of piperidine rings is 1. The van der Waals surface area contributed by atoms with Crippen LogP contribution in [-0.4, -0.2) is 69.8 Å². The lowest BCUT2D eigenvalue weighted by Crippen LogP contribution is -2.53. The van der Waals surface area contributed by atoms with Gasteiger partial charge in [-0.3, -0.25) is 34.4 Å². The molecule has 6 atom stereocenters. The molecule has 12 heteroatoms. The topological polar surface area (TPSA) is 119 Å². The van der Waals surface area contributed by atoms with E-state index in [1.165, 1.54) is 16.5 Å². The second-order valence-corrected chi connectivity index (χ2v) is 17.8. The first-order chi connectivity index (χ1) is 29.6. The third kappa shape index (κ3) is 6.24. The molecule has 4 amide bonds. The third-order valence-corrected chi connectivity index (χ3v) is 14.6. The van der Waals surface area contributed by atoms with E-state index in [1.54, 1.807) is 31.4 Å². The summed E-state index contributed by atoms with van der Waals surface area (Å²) in [5.41, 5.74) is 4.76. The first-order valence-electron chi connectivity index (χ1n) is 20.9. The lowest BCUT2D eigenvalue weighted by Gasteiger charge is -2.50. The number of fused-ring (bicyclic) bond motifs is 5. The number of nitrogens with zero attached hydrogens (tertiary/aromatic N) is 3. The molecule has 2 aliphatic carbocycles. The number of hydrogen-bond acceptors (Lipinski definition) is 8. The summed E-state index contributed by atoms with van der Waals surface area (Å²) in [6.07, 6.45) is 3.79. The van der Waals surface area contributed by atoms with Crippen molar-refractivity contribution in [1.82, 2.24) is 14.8 Å². The third-order valence-electron chi connectivity index (χ3n) is 14.0. The summed E-state index contributed by atoms with van der Waals surface area (Å²) in [7, 11) is 1.56. The Morgan fingerprint density at radius 3 is 2.30 bits per heavy atom. The van der Waals surface area contributed by atoms with Crippen LogP contribution in [-0.2, 0) is 31.1 Å². The maximum absolute atomic E-state index is 15.7. The molecule has 1 saturated carbocycles. The molecule has 5 aromatic rings. The van der Waals surface area contributed by atoms with Gasteiger partial charge in [-0.15, -0.1) is 0 Å². The van der Waals surface area contributed by atoms with Crippen LogP contribution in [0.5, 0.6) is 11.5 Å². The first kappa shape index (κ1) is 39.5. The number of phenolic OH excluding ortho intramolecular Hbond substituents is 1. The molecule has 61 heavy (non-hydrogen) atoms. The molecule has 310 valence electrons. The van der Waals surface area contributed by atoms with Crippen molar-refractivity contribution in [2.45, 2.75) is 49.6 Å². The molecule has 10 nitrogen and oxygen atoms in total. The SMILES string of the molecule is COc1ccc(C23C(=O)N(Nc4ccc(Cl)cc4Cl)C(=O)C2CC2C(=CCC4C(=O)N(C5CCN(Cc6ccccc6)CC5)C(=O)C42)C3c2ccc3ccccc3c2O)cc1. The van der Waals surface area contributed by atoms with Gasteiger partial charge in [0.15, 0.2) is 0 Å². The zero-order valence-corrected chi connectivity index (χ0v) is 35.0. The van der Waals surface area contributed by atoms with Crippen molar-refractivity contribution < 1.29 is 29.0 Å². The normalized spacial score (nSPS) is 26.6. The van der Waals surface area contributed by atoms with Crippen molar-refractivity contribution in [1.29, 1.82) is 0 Å². The van der Waals surface area contributed by atoms with E-state index < -0.39 is 46.8 Å². The van der Waals surface area contributed by atoms with E-state index in [0.29, 0.717) is 52.2 Å². The van der Waals surface area contributed by atoms with Crippen LogP contribution in [0.25, 0.3) is 10.8 Å². The van der Waals surface area contributed by atoms with Crippen molar-refractivity contribution in [3.8, 4) is 11.5 Å². The van der Waals surface area contributed by atoms with Crippen LogP contribution < -0.4 is 10.2 Å². The summed E-state index contributed by atoms with van der Waals surface area (Å²) in [5, 5.41) is 15.4. The van der Waals surface area contributed by atoms with Crippen molar-refractivity contribution in [3.63, 3.8) is 0 Å². The molecule has 5 aromatic carbocycles. The molecule has 0 radical (unpaired) electrons. The standard InChI is InChI=1S/C49H44Cl2N4O6/c1-61-33-15-12-30(13-16-33)49-39(46(58)55(48(49)60)52-41-20-14-31(50)25-40(41)51)26-38-35(43(49)37-17-11-29-9-5-6-10-34(29)44(37)56)18-19-36-42(38)47(59)54(45(36)57)32-21-23-53(24-22-32)27-28-7-3-2-4-8-28/h2-18,20,25,32,36,38-39,42-43,52,56H,19,21-24,26-27H2,1H3. The largest absolute Gasteiger partial charge is 0.507 e. The number of imide groups is 2. The zero-order valence-electron chi connectivity index (χ0n) is 33.5. The number of amides is 4. The maximum Gasteiger partial charge on any atom is 0.260 e. The number of anilines is 1. The predicted molar refractivity (Wildman–Crippen MR) is 233 cm³/mol. The van der Waals surface area contributed by atoms with E-state index in [-0.39, 0.29) is 35.0 Å². The van der Waals surface area contributed by atoms with E-state index in [9.17, 15) is 14.7 Å². The maximum atomic E-state index is 15.7. The highest BCUT2D eigenvalue weighted by molar-refractivity contribution is 6.36. The Hall–Kier alpha value is -5.68. The second-order valence-electron chi connectivity index (χ2n) is 17.0. The number of methoxy groups -OCH3 is 1. The summed E-state index contributed by atoms with van der Waals surface area (Å²) < 4.78 is 5.53. The fourth-order valence-electron chi connectivity index (χ4n) is 11.3. The highest BCUT2D eigenvalue weighted by Crippen LogP contribution is 2.65. The highest BCUT2D eigenvalue weighted by atomic mass is 35.5. The van der Waals surface area contributed by atoms with Crippen LogP contribution in [0, 0.1) is 23.7 Å². The molecular weight excluding hydrogens is 811 g/mol. The minimum Gasteiger partial charge on any atom is -0.507 e. The molecule has 6 unspecified atom stereocenters. The molecule has 0 bridgehead atoms. The smallest absolute Gasteiger partial charge is 0.260 e. The number of phenols is 1. The zero-order chi connectivity index (χ0) is 42.2. The second kappa shape index (κ2) is 15.3. The van der Waals surface area contributed by atoms with Crippen molar-refractivity contribution in [2.24, 2.45) is 23.7 Å². The van der Waals surface area contributed by atoms with Gasteiger partial charge in [-0.1, -0.05) is 114 Å². The number of aromatic hydroxyl groups is 1. The lowest BCUT2D eigenvalue weighted by atomic mass is 9.49. The van der Waals surface area contributed by atoms with E-state index >= 15 is 9.59 Å². The van der Waals surface area contributed by atoms with Gasteiger partial charge in [-0.05, 0) is 78.4 Å². The van der Waals surface area contributed by atoms with E-state index in [0.717, 1.165) is 35.6 Å². The van der Waals surface area contributed by atoms with Crippen molar-refractivity contribution in [3.05, 3.63) is 148 Å². The number of carbonyl (C=O) groups excluding carboxylic acids is 4. The summed E-state index contributed by atoms with van der Waals surface area (Å²) in [4.78, 5) is 64.3. The van der Waals surface area contributed by atoms with Crippen LogP contribution in [0.2, 0.25) is 10.0 Å². The quantitative estimate of drug-likeness (QED) is 0.118. The summed E-state index contributed by atoms with van der Waals surface area (Å²) in [5.74, 6) is -4.68. The van der Waals surface area contributed by atoms with Crippen LogP contribution in [0.1, 0.15) is 48.3 Å². The van der Waals surface area contributed by atoms with Crippen LogP contribution in [0.3, 0.4) is 0 Å². The van der Waals surface area contributed by atoms with Gasteiger partial charge in [0.1, 0.15) is 11.5 Å². The number of likely N-dealkylation sites (tertiary alicyclic amines) is 2. The van der Waals surface area contributed by atoms with Gasteiger partial charge in [0.2, 0.25) is 11.8 Å². The number of nitrogens with one attached hydrogen (secondary N) is 1. The average molecular weight is 856 g/mol. The van der Waals surface area contributed by atoms with Crippen LogP contribution in [0.15, 0.2) is 121 Å². The Labute approximate surface area is 363 Å². The number of benzene rings is 5. The molecule has 4 fully saturated rings. The van der Waals surface area contributed by atoms with Gasteiger partial charge in [0.05, 0.1) is 41.0 Å². The summed E-state index contributed by atoms with van der Waals surface area (Å²) in [6, 6.07) is 33.2. The Balaban J connectivity index is 1.08. The Kier molecular flexibility index (Phi) is 9.93. The number of hydrogen-bond donors (Lipinski definition) is 2. The molecule has 3 aliphatic heterocycles. The molecular formula is C49H44Cl2N4O6. The molecule has 3 saturated heterocycles. The number of allylic oxidation sites excluding steroid dienone is 2. The molecule has 0 aromatic heterocycles. The fraction of sp³-hybridized carbons (Fsp3) is 0.306. The Morgan fingerprint density at radius 2 is 1.56 bits per heavy atom. The van der Waals surface area contributed by atoms with Crippen LogP contribution in [0.4, 0.5) is 5.69 Å². The number of halogens is 2. The molecule has 0 spiro atoms. The average Bonchev–Trinajstić information content (AvgIpc) is 3.66. The molecule has 5 aliphatic rings. The highest BCUT2D eigenvalue weighted by Gasteiger charge is 2.71. The molecule has 10 rings (SSSR count). The lowest BCUT2D eigenvalue weighted by molar-refractivity contribution is -0.144. The number of ether oxygens (including phenoxy) is 1. The van der Waals surface area contributed by atoms with E-state index in [2.05, 4.69) is 22.5 Å². The Morgan fingerprint density at radius 1 is 0.820 bits per heavy atom. The summed E-state index contributed by atoms with van der Waals surface area (Å²) in [6.45, 7) is 2.32. The van der Waals surface area contributed by atoms with E-state index in [4.69, 9.17) is 27.9 Å². The number of carbonyl (C=O) groups is 4. The van der Waals surface area contributed by atoms with Crippen molar-refractivity contribution in [2.75, 3.05) is 25.6 Å². The van der Waals surface area contributed by atoms with Gasteiger partial charge < -0.3 is 9.84 Å². The molecule has 3 heterocycles. The Bertz CT molecular complexity index is 2630. The van der Waals surface area contributed by atoms with Crippen LogP contribution >= 0.6 is 23.2 Å². The monoisotopic (exact) mass is 854 g/mol. The van der Waals surface area contributed by atoms with Gasteiger partial charge in [0.25, 0.3) is 11.8 Å². The number of rotatable bonds is 8.